The molecule has 0 amide bonds. The minimum Gasteiger partial charge on any atom is -0.480 e. The number of aliphatic carboxylic acids is 2. The Morgan fingerprint density at radius 2 is 0.885 bits per heavy atom. The summed E-state index contributed by atoms with van der Waals surface area (Å²) in [6.45, 7) is 7.65. The Bertz CT molecular complexity index is 396. The van der Waals surface area contributed by atoms with Crippen molar-refractivity contribution in [3.8, 4) is 0 Å². The number of halogens is 2. The molecule has 6 heteroatoms. The molecule has 0 saturated heterocycles. The first-order chi connectivity index (χ1) is 11.9. The number of carboxylic acid groups (broad SMARTS) is 2. The molecule has 154 valence electrons. The highest BCUT2D eigenvalue weighted by Crippen LogP contribution is 2.33. The SMILES string of the molecule is CC(C)(CCCCCCCCCCC(C)(C)[C@@H](Cl)C(=O)O)[C@@H](Cl)C(=O)O. The van der Waals surface area contributed by atoms with Gasteiger partial charge in [0.15, 0.2) is 0 Å². The first-order valence-corrected chi connectivity index (χ1v) is 10.5. The largest absolute Gasteiger partial charge is 0.480 e. The predicted molar refractivity (Wildman–Crippen MR) is 108 cm³/mol. The van der Waals surface area contributed by atoms with Gasteiger partial charge in [-0.3, -0.25) is 9.59 Å². The molecule has 26 heavy (non-hydrogen) atoms. The zero-order chi connectivity index (χ0) is 20.4. The summed E-state index contributed by atoms with van der Waals surface area (Å²) in [5.74, 6) is -1.88. The van der Waals surface area contributed by atoms with Gasteiger partial charge in [0.25, 0.3) is 0 Å². The van der Waals surface area contributed by atoms with Crippen LogP contribution in [0.15, 0.2) is 0 Å². The maximum atomic E-state index is 11.0. The number of carboxylic acids is 2. The highest BCUT2D eigenvalue weighted by molar-refractivity contribution is 6.30. The molecule has 0 heterocycles. The third-order valence-corrected chi connectivity index (χ3v) is 6.75. The molecule has 4 nitrogen and oxygen atoms in total. The van der Waals surface area contributed by atoms with Crippen molar-refractivity contribution in [2.24, 2.45) is 10.8 Å². The van der Waals surface area contributed by atoms with Gasteiger partial charge in [-0.1, -0.05) is 79.1 Å². The molecule has 0 aliphatic carbocycles. The fraction of sp³-hybridized carbons (Fsp3) is 0.900. The molecule has 0 saturated carbocycles. The quantitative estimate of drug-likeness (QED) is 0.244. The zero-order valence-corrected chi connectivity index (χ0v) is 18.2. The second-order valence-electron chi connectivity index (χ2n) is 8.71. The highest BCUT2D eigenvalue weighted by Gasteiger charge is 2.33. The van der Waals surface area contributed by atoms with Crippen LogP contribution in [0.2, 0.25) is 0 Å². The summed E-state index contributed by atoms with van der Waals surface area (Å²) in [7, 11) is 0. The maximum absolute atomic E-state index is 11.0. The molecule has 0 unspecified atom stereocenters. The Labute approximate surface area is 168 Å². The number of alkyl halides is 2. The van der Waals surface area contributed by atoms with Crippen molar-refractivity contribution in [1.29, 1.82) is 0 Å². The van der Waals surface area contributed by atoms with Crippen LogP contribution < -0.4 is 0 Å². The summed E-state index contributed by atoms with van der Waals surface area (Å²) >= 11 is 11.9. The fourth-order valence-corrected chi connectivity index (χ4v) is 3.36. The summed E-state index contributed by atoms with van der Waals surface area (Å²) in [5.41, 5.74) is -0.757. The van der Waals surface area contributed by atoms with Gasteiger partial charge in [-0.05, 0) is 23.7 Å². The van der Waals surface area contributed by atoms with Gasteiger partial charge in [0.2, 0.25) is 0 Å². The third-order valence-electron chi connectivity index (χ3n) is 5.20. The first kappa shape index (κ1) is 25.5. The molecular formula is C20H36Cl2O4. The van der Waals surface area contributed by atoms with Crippen LogP contribution in [-0.2, 0) is 9.59 Å². The van der Waals surface area contributed by atoms with Crippen molar-refractivity contribution < 1.29 is 19.8 Å². The van der Waals surface area contributed by atoms with E-state index < -0.39 is 22.7 Å². The molecule has 0 aromatic carbocycles. The van der Waals surface area contributed by atoms with E-state index >= 15 is 0 Å². The predicted octanol–water partition coefficient (Wildman–Crippen LogP) is 6.32. The number of hydrogen-bond donors (Lipinski definition) is 2. The highest BCUT2D eigenvalue weighted by atomic mass is 35.5. The van der Waals surface area contributed by atoms with E-state index in [1.54, 1.807) is 0 Å². The van der Waals surface area contributed by atoms with Gasteiger partial charge >= 0.3 is 11.9 Å². The zero-order valence-electron chi connectivity index (χ0n) is 16.7. The molecule has 0 aromatic rings. The maximum Gasteiger partial charge on any atom is 0.322 e. The second-order valence-corrected chi connectivity index (χ2v) is 9.58. The Hall–Kier alpha value is -0.480. The Balaban J connectivity index is 3.69. The molecule has 0 aliphatic heterocycles. The second kappa shape index (κ2) is 12.1. The lowest BCUT2D eigenvalue weighted by molar-refractivity contribution is -0.139. The van der Waals surface area contributed by atoms with Crippen LogP contribution >= 0.6 is 23.2 Å². The van der Waals surface area contributed by atoms with Crippen LogP contribution in [0.4, 0.5) is 0 Å². The fourth-order valence-electron chi connectivity index (χ4n) is 3.14. The van der Waals surface area contributed by atoms with Crippen LogP contribution in [0.25, 0.3) is 0 Å². The normalized spacial score (nSPS) is 14.8. The van der Waals surface area contributed by atoms with Crippen LogP contribution in [0, 0.1) is 10.8 Å². The average molecular weight is 411 g/mol. The van der Waals surface area contributed by atoms with Crippen LogP contribution in [0.5, 0.6) is 0 Å². The lowest BCUT2D eigenvalue weighted by Gasteiger charge is -2.27. The van der Waals surface area contributed by atoms with Crippen molar-refractivity contribution in [2.45, 2.75) is 103 Å². The molecule has 0 fully saturated rings. The molecule has 2 atom stereocenters. The minimum absolute atomic E-state index is 0.379. The first-order valence-electron chi connectivity index (χ1n) is 9.65. The van der Waals surface area contributed by atoms with E-state index in [9.17, 15) is 9.59 Å². The van der Waals surface area contributed by atoms with Crippen molar-refractivity contribution >= 4 is 35.1 Å². The van der Waals surface area contributed by atoms with Gasteiger partial charge in [0, 0.05) is 0 Å². The number of carbonyl (C=O) groups is 2. The number of hydrogen-bond acceptors (Lipinski definition) is 2. The monoisotopic (exact) mass is 410 g/mol. The van der Waals surface area contributed by atoms with Crippen molar-refractivity contribution in [3.63, 3.8) is 0 Å². The molecule has 0 aliphatic rings. The smallest absolute Gasteiger partial charge is 0.322 e. The average Bonchev–Trinajstić information content (AvgIpc) is 2.54. The molecule has 0 spiro atoms. The molecular weight excluding hydrogens is 375 g/mol. The van der Waals surface area contributed by atoms with Crippen LogP contribution in [0.3, 0.4) is 0 Å². The third kappa shape index (κ3) is 10.0. The van der Waals surface area contributed by atoms with Gasteiger partial charge in [0.05, 0.1) is 0 Å². The summed E-state index contributed by atoms with van der Waals surface area (Å²) in [4.78, 5) is 21.9. The van der Waals surface area contributed by atoms with E-state index in [0.717, 1.165) is 51.4 Å². The van der Waals surface area contributed by atoms with Crippen LogP contribution in [-0.4, -0.2) is 32.9 Å². The van der Waals surface area contributed by atoms with E-state index in [4.69, 9.17) is 33.4 Å². The minimum atomic E-state index is -0.941. The molecule has 0 aromatic heterocycles. The van der Waals surface area contributed by atoms with Crippen LogP contribution in [0.1, 0.15) is 91.9 Å². The molecule has 0 bridgehead atoms. The van der Waals surface area contributed by atoms with Gasteiger partial charge in [-0.15, -0.1) is 23.2 Å². The van der Waals surface area contributed by atoms with Gasteiger partial charge in [-0.2, -0.15) is 0 Å². The molecule has 2 N–H and O–H groups in total. The summed E-state index contributed by atoms with van der Waals surface area (Å²) < 4.78 is 0. The number of rotatable bonds is 15. The standard InChI is InChI=1S/C20H36Cl2O4/c1-19(2,15(21)17(23)24)13-11-9-7-5-6-8-10-12-14-20(3,4)16(22)18(25)26/h15-16H,5-14H2,1-4H3,(H,23,24)(H,25,26)/t15-,16-/m0/s1. The van der Waals surface area contributed by atoms with E-state index in [1.807, 2.05) is 27.7 Å². The van der Waals surface area contributed by atoms with Gasteiger partial charge in [0.1, 0.15) is 10.8 Å². The van der Waals surface area contributed by atoms with Crippen molar-refractivity contribution in [3.05, 3.63) is 0 Å². The van der Waals surface area contributed by atoms with E-state index in [0.29, 0.717) is 0 Å². The van der Waals surface area contributed by atoms with Gasteiger partial charge in [-0.25, -0.2) is 0 Å². The summed E-state index contributed by atoms with van der Waals surface area (Å²) in [6, 6.07) is 0. The Morgan fingerprint density at radius 1 is 0.654 bits per heavy atom. The molecule has 0 radical (unpaired) electrons. The van der Waals surface area contributed by atoms with Crippen molar-refractivity contribution in [1.82, 2.24) is 0 Å². The topological polar surface area (TPSA) is 74.6 Å². The Kier molecular flexibility index (Phi) is 11.8. The van der Waals surface area contributed by atoms with E-state index in [-0.39, 0.29) is 10.8 Å². The molecule has 0 rings (SSSR count). The summed E-state index contributed by atoms with van der Waals surface area (Å²) in [5, 5.41) is 16.3. The lowest BCUT2D eigenvalue weighted by atomic mass is 9.83. The Morgan fingerprint density at radius 3 is 1.12 bits per heavy atom. The van der Waals surface area contributed by atoms with Crippen molar-refractivity contribution in [2.75, 3.05) is 0 Å². The number of unbranched alkanes of at least 4 members (excludes halogenated alkanes) is 7. The van der Waals surface area contributed by atoms with E-state index in [2.05, 4.69) is 0 Å². The van der Waals surface area contributed by atoms with Gasteiger partial charge < -0.3 is 10.2 Å². The summed E-state index contributed by atoms with van der Waals surface area (Å²) in [6.07, 6.45) is 10.5. The van der Waals surface area contributed by atoms with E-state index in [1.165, 1.54) is 12.8 Å². The lowest BCUT2D eigenvalue weighted by Crippen LogP contribution is -2.31.